The molecule has 1 heterocycles. The number of aliphatic hydroxyl groups is 3. The lowest BCUT2D eigenvalue weighted by molar-refractivity contribution is -0.0284. The molecular formula is C7H14N2O5. The first-order chi connectivity index (χ1) is 6.60. The van der Waals surface area contributed by atoms with Crippen LogP contribution in [0.25, 0.3) is 0 Å². The molecule has 4 unspecified atom stereocenters. The molecule has 1 aliphatic rings. The minimum Gasteiger partial charge on any atom is -0.394 e. The maximum Gasteiger partial charge on any atom is 0.316 e. The highest BCUT2D eigenvalue weighted by molar-refractivity contribution is 5.73. The molecular weight excluding hydrogens is 192 g/mol. The summed E-state index contributed by atoms with van der Waals surface area (Å²) in [7, 11) is 1.41. The van der Waals surface area contributed by atoms with Crippen LogP contribution in [0.1, 0.15) is 0 Å². The lowest BCUT2D eigenvalue weighted by Crippen LogP contribution is -2.46. The fourth-order valence-electron chi connectivity index (χ4n) is 1.22. The van der Waals surface area contributed by atoms with Gasteiger partial charge in [0, 0.05) is 7.05 Å². The van der Waals surface area contributed by atoms with Gasteiger partial charge >= 0.3 is 6.03 Å². The van der Waals surface area contributed by atoms with E-state index in [1.807, 2.05) is 0 Å². The van der Waals surface area contributed by atoms with Crippen molar-refractivity contribution in [2.75, 3.05) is 13.7 Å². The van der Waals surface area contributed by atoms with E-state index in [1.54, 1.807) is 0 Å². The van der Waals surface area contributed by atoms with Gasteiger partial charge in [-0.15, -0.1) is 0 Å². The monoisotopic (exact) mass is 206 g/mol. The van der Waals surface area contributed by atoms with E-state index in [1.165, 1.54) is 7.05 Å². The smallest absolute Gasteiger partial charge is 0.316 e. The van der Waals surface area contributed by atoms with Crippen molar-refractivity contribution < 1.29 is 24.9 Å². The number of hydrogen-bond acceptors (Lipinski definition) is 5. The number of carbonyl (C=O) groups excluding carboxylic acids is 1. The van der Waals surface area contributed by atoms with Crippen LogP contribution < -0.4 is 10.6 Å². The van der Waals surface area contributed by atoms with Crippen molar-refractivity contribution in [2.45, 2.75) is 24.5 Å². The first kappa shape index (κ1) is 11.2. The van der Waals surface area contributed by atoms with E-state index < -0.39 is 37.2 Å². The predicted molar refractivity (Wildman–Crippen MR) is 45.4 cm³/mol. The van der Waals surface area contributed by atoms with Gasteiger partial charge in [-0.05, 0) is 0 Å². The Hall–Kier alpha value is -0.890. The van der Waals surface area contributed by atoms with Crippen LogP contribution in [0.2, 0.25) is 0 Å². The Balaban J connectivity index is 2.52. The Bertz CT molecular complexity index is 212. The first-order valence-electron chi connectivity index (χ1n) is 4.21. The number of nitrogens with one attached hydrogen (secondary N) is 2. The van der Waals surface area contributed by atoms with Gasteiger partial charge in [0.1, 0.15) is 18.3 Å². The third-order valence-electron chi connectivity index (χ3n) is 2.04. The predicted octanol–water partition coefficient (Wildman–Crippen LogP) is -2.65. The third kappa shape index (κ3) is 2.13. The van der Waals surface area contributed by atoms with Gasteiger partial charge in [0.15, 0.2) is 6.23 Å². The lowest BCUT2D eigenvalue weighted by Gasteiger charge is -2.15. The van der Waals surface area contributed by atoms with Crippen molar-refractivity contribution in [1.29, 1.82) is 0 Å². The Morgan fingerprint density at radius 1 is 1.43 bits per heavy atom. The summed E-state index contributed by atoms with van der Waals surface area (Å²) in [5, 5.41) is 32.0. The van der Waals surface area contributed by atoms with E-state index in [-0.39, 0.29) is 0 Å². The van der Waals surface area contributed by atoms with Crippen LogP contribution in [-0.4, -0.2) is 59.5 Å². The lowest BCUT2D eigenvalue weighted by atomic mass is 10.1. The average Bonchev–Trinajstić information content (AvgIpc) is 2.45. The van der Waals surface area contributed by atoms with Crippen molar-refractivity contribution in [3.8, 4) is 0 Å². The number of ether oxygens (including phenoxy) is 1. The molecule has 0 saturated carbocycles. The molecule has 1 fully saturated rings. The zero-order valence-electron chi connectivity index (χ0n) is 7.67. The zero-order chi connectivity index (χ0) is 10.7. The molecule has 2 amide bonds. The van der Waals surface area contributed by atoms with Crippen LogP contribution in [0.5, 0.6) is 0 Å². The van der Waals surface area contributed by atoms with Gasteiger partial charge in [0.05, 0.1) is 6.61 Å². The summed E-state index contributed by atoms with van der Waals surface area (Å²) in [6.07, 6.45) is -4.29. The highest BCUT2D eigenvalue weighted by Crippen LogP contribution is 2.18. The Labute approximate surface area is 80.7 Å². The van der Waals surface area contributed by atoms with Gasteiger partial charge in [-0.2, -0.15) is 0 Å². The maximum absolute atomic E-state index is 10.9. The summed E-state index contributed by atoms with van der Waals surface area (Å²) in [4.78, 5) is 10.9. The van der Waals surface area contributed by atoms with E-state index >= 15 is 0 Å². The molecule has 7 heteroatoms. The van der Waals surface area contributed by atoms with Gasteiger partial charge < -0.3 is 30.7 Å². The number of hydrogen-bond donors (Lipinski definition) is 5. The molecule has 0 radical (unpaired) electrons. The summed E-state index contributed by atoms with van der Waals surface area (Å²) in [5.74, 6) is 0. The van der Waals surface area contributed by atoms with E-state index in [2.05, 4.69) is 10.6 Å². The molecule has 82 valence electrons. The average molecular weight is 206 g/mol. The molecule has 1 aliphatic heterocycles. The minimum atomic E-state index is -1.23. The Morgan fingerprint density at radius 2 is 2.07 bits per heavy atom. The number of rotatable bonds is 2. The minimum absolute atomic E-state index is 0.413. The molecule has 0 aliphatic carbocycles. The Morgan fingerprint density at radius 3 is 2.50 bits per heavy atom. The van der Waals surface area contributed by atoms with Crippen LogP contribution >= 0.6 is 0 Å². The molecule has 0 bridgehead atoms. The van der Waals surface area contributed by atoms with Crippen molar-refractivity contribution in [3.05, 3.63) is 0 Å². The van der Waals surface area contributed by atoms with Crippen LogP contribution in [0.15, 0.2) is 0 Å². The number of carbonyl (C=O) groups is 1. The fraction of sp³-hybridized carbons (Fsp3) is 0.857. The van der Waals surface area contributed by atoms with E-state index in [9.17, 15) is 15.0 Å². The standard InChI is InChI=1S/C7H14N2O5/c1-8-7(13)9-6-5(12)4(11)3(2-10)14-6/h3-6,10-12H,2H2,1H3,(H2,8,9,13). The summed E-state index contributed by atoms with van der Waals surface area (Å²) in [6.45, 7) is -0.413. The summed E-state index contributed by atoms with van der Waals surface area (Å²) in [5.41, 5.74) is 0. The number of amides is 2. The quantitative estimate of drug-likeness (QED) is 0.339. The SMILES string of the molecule is CNC(=O)NC1OC(CO)C(O)C1O. The molecule has 7 nitrogen and oxygen atoms in total. The topological polar surface area (TPSA) is 111 Å². The second-order valence-electron chi connectivity index (χ2n) is 2.98. The molecule has 1 rings (SSSR count). The van der Waals surface area contributed by atoms with Crippen LogP contribution in [-0.2, 0) is 4.74 Å². The highest BCUT2D eigenvalue weighted by Gasteiger charge is 2.42. The molecule has 0 aromatic carbocycles. The van der Waals surface area contributed by atoms with Gasteiger partial charge in [0.2, 0.25) is 0 Å². The van der Waals surface area contributed by atoms with E-state index in [0.29, 0.717) is 0 Å². The van der Waals surface area contributed by atoms with Crippen molar-refractivity contribution >= 4 is 6.03 Å². The van der Waals surface area contributed by atoms with Crippen LogP contribution in [0.4, 0.5) is 4.79 Å². The van der Waals surface area contributed by atoms with Crippen LogP contribution in [0, 0.1) is 0 Å². The summed E-state index contributed by atoms with van der Waals surface area (Å²) in [6, 6.07) is -0.528. The summed E-state index contributed by atoms with van der Waals surface area (Å²) < 4.78 is 4.99. The van der Waals surface area contributed by atoms with Gasteiger partial charge in [-0.1, -0.05) is 0 Å². The molecule has 0 aromatic rings. The molecule has 14 heavy (non-hydrogen) atoms. The molecule has 1 saturated heterocycles. The second kappa shape index (κ2) is 4.56. The summed E-state index contributed by atoms with van der Waals surface area (Å²) >= 11 is 0. The highest BCUT2D eigenvalue weighted by atomic mass is 16.6. The van der Waals surface area contributed by atoms with E-state index in [4.69, 9.17) is 9.84 Å². The number of aliphatic hydroxyl groups excluding tert-OH is 3. The van der Waals surface area contributed by atoms with Crippen molar-refractivity contribution in [1.82, 2.24) is 10.6 Å². The third-order valence-corrected chi connectivity index (χ3v) is 2.04. The zero-order valence-corrected chi connectivity index (χ0v) is 7.67. The van der Waals surface area contributed by atoms with Crippen molar-refractivity contribution in [3.63, 3.8) is 0 Å². The van der Waals surface area contributed by atoms with Gasteiger partial charge in [0.25, 0.3) is 0 Å². The molecule has 0 aromatic heterocycles. The molecule has 4 atom stereocenters. The Kier molecular flexibility index (Phi) is 3.64. The fourth-order valence-corrected chi connectivity index (χ4v) is 1.22. The van der Waals surface area contributed by atoms with Gasteiger partial charge in [-0.25, -0.2) is 4.79 Å². The molecule has 5 N–H and O–H groups in total. The van der Waals surface area contributed by atoms with E-state index in [0.717, 1.165) is 0 Å². The normalized spacial score (nSPS) is 36.9. The first-order valence-corrected chi connectivity index (χ1v) is 4.21. The molecule has 0 spiro atoms. The largest absolute Gasteiger partial charge is 0.394 e. The van der Waals surface area contributed by atoms with Gasteiger partial charge in [-0.3, -0.25) is 0 Å². The van der Waals surface area contributed by atoms with Crippen LogP contribution in [0.3, 0.4) is 0 Å². The number of urea groups is 1. The second-order valence-corrected chi connectivity index (χ2v) is 2.98. The van der Waals surface area contributed by atoms with Crippen molar-refractivity contribution in [2.24, 2.45) is 0 Å². The maximum atomic E-state index is 10.9.